The Kier molecular flexibility index (Phi) is 3.55. The van der Waals surface area contributed by atoms with E-state index in [0.29, 0.717) is 30.8 Å². The fraction of sp³-hybridized carbons (Fsp3) is 0.556. The number of pyridine rings is 1. The Labute approximate surface area is 149 Å². The zero-order valence-electron chi connectivity index (χ0n) is 14.9. The van der Waals surface area contributed by atoms with Crippen LogP contribution in [-0.2, 0) is 11.0 Å². The molecule has 2 aromatic heterocycles. The van der Waals surface area contributed by atoms with E-state index in [1.54, 1.807) is 13.1 Å². The Bertz CT molecular complexity index is 873. The van der Waals surface area contributed by atoms with Crippen LogP contribution in [0.25, 0.3) is 5.52 Å². The molecule has 26 heavy (non-hydrogen) atoms. The maximum absolute atomic E-state index is 13.3. The van der Waals surface area contributed by atoms with Crippen molar-refractivity contribution in [1.29, 1.82) is 0 Å². The van der Waals surface area contributed by atoms with Crippen LogP contribution in [0.5, 0.6) is 0 Å². The predicted octanol–water partition coefficient (Wildman–Crippen LogP) is 3.05. The maximum Gasteiger partial charge on any atom is 0.417 e. The lowest BCUT2D eigenvalue weighted by Gasteiger charge is -2.36. The van der Waals surface area contributed by atoms with Crippen LogP contribution >= 0.6 is 0 Å². The molecule has 2 aliphatic rings. The molecule has 0 bridgehead atoms. The Hall–Kier alpha value is -2.25. The molecule has 5 nitrogen and oxygen atoms in total. The molecule has 0 aromatic carbocycles. The van der Waals surface area contributed by atoms with Gasteiger partial charge in [0.1, 0.15) is 0 Å². The van der Waals surface area contributed by atoms with Crippen LogP contribution < -0.4 is 4.90 Å². The number of rotatable bonds is 1. The summed E-state index contributed by atoms with van der Waals surface area (Å²) in [6, 6.07) is 1.22. The maximum atomic E-state index is 13.3. The number of hydrogen-bond donors (Lipinski definition) is 0. The first kappa shape index (κ1) is 17.2. The third kappa shape index (κ3) is 2.46. The van der Waals surface area contributed by atoms with Crippen molar-refractivity contribution in [1.82, 2.24) is 14.3 Å². The van der Waals surface area contributed by atoms with Gasteiger partial charge in [0.05, 0.1) is 29.3 Å². The number of hydrogen-bond acceptors (Lipinski definition) is 3. The number of fused-ring (bicyclic) bond motifs is 2. The quantitative estimate of drug-likeness (QED) is 0.779. The molecule has 0 unspecified atom stereocenters. The summed E-state index contributed by atoms with van der Waals surface area (Å²) in [5.74, 6) is 0.531. The zero-order valence-corrected chi connectivity index (χ0v) is 14.9. The van der Waals surface area contributed by atoms with E-state index in [1.807, 2.05) is 23.6 Å². The topological polar surface area (TPSA) is 40.9 Å². The van der Waals surface area contributed by atoms with Crippen LogP contribution in [0, 0.1) is 11.8 Å². The summed E-state index contributed by atoms with van der Waals surface area (Å²) in [5.41, 5.74) is 0.236. The zero-order chi connectivity index (χ0) is 18.9. The molecule has 2 atom stereocenters. The van der Waals surface area contributed by atoms with Crippen LogP contribution in [-0.4, -0.2) is 45.4 Å². The molecule has 0 aliphatic carbocycles. The molecule has 4 rings (SSSR count). The lowest BCUT2D eigenvalue weighted by molar-refractivity contribution is -0.138. The standard InChI is InChI=1S/C18H21F3N4O/c1-11(26)25-7-12-6-23(9-14(12)17(25,2)3)15-4-13(18(19,20)21)8-24-10-22-5-16(15)24/h4-5,8,10,12,14H,6-7,9H2,1-3H3/t12-,14-/m0/s1. The highest BCUT2D eigenvalue weighted by Crippen LogP contribution is 2.45. The molecule has 8 heteroatoms. The SMILES string of the molecule is CC(=O)N1C[C@@H]2CN(c3cc(C(F)(F)F)cn4cncc34)C[C@@H]2C1(C)C. The van der Waals surface area contributed by atoms with Gasteiger partial charge in [-0.2, -0.15) is 13.2 Å². The van der Waals surface area contributed by atoms with Crippen molar-refractivity contribution in [2.75, 3.05) is 24.5 Å². The smallest absolute Gasteiger partial charge is 0.369 e. The number of alkyl halides is 3. The Morgan fingerprint density at radius 2 is 2.00 bits per heavy atom. The van der Waals surface area contributed by atoms with Gasteiger partial charge in [-0.25, -0.2) is 4.98 Å². The van der Waals surface area contributed by atoms with Crippen molar-refractivity contribution in [3.05, 3.63) is 30.4 Å². The van der Waals surface area contributed by atoms with Gasteiger partial charge in [-0.3, -0.25) is 4.79 Å². The van der Waals surface area contributed by atoms with Crippen molar-refractivity contribution < 1.29 is 18.0 Å². The molecule has 0 saturated carbocycles. The van der Waals surface area contributed by atoms with E-state index in [4.69, 9.17) is 0 Å². The second-order valence-electron chi connectivity index (χ2n) is 7.85. The van der Waals surface area contributed by atoms with Gasteiger partial charge >= 0.3 is 6.18 Å². The van der Waals surface area contributed by atoms with E-state index in [2.05, 4.69) is 4.98 Å². The number of halogens is 3. The van der Waals surface area contributed by atoms with Gasteiger partial charge in [0, 0.05) is 50.1 Å². The van der Waals surface area contributed by atoms with Gasteiger partial charge in [-0.1, -0.05) is 0 Å². The molecule has 2 fully saturated rings. The Morgan fingerprint density at radius 1 is 1.27 bits per heavy atom. The van der Waals surface area contributed by atoms with Gasteiger partial charge < -0.3 is 14.2 Å². The monoisotopic (exact) mass is 366 g/mol. The summed E-state index contributed by atoms with van der Waals surface area (Å²) < 4.78 is 41.3. The average Bonchev–Trinajstić information content (AvgIpc) is 3.21. The van der Waals surface area contributed by atoms with Gasteiger partial charge in [0.15, 0.2) is 0 Å². The highest BCUT2D eigenvalue weighted by atomic mass is 19.4. The fourth-order valence-electron chi connectivity index (χ4n) is 4.68. The molecule has 0 N–H and O–H groups in total. The van der Waals surface area contributed by atoms with Gasteiger partial charge in [0.25, 0.3) is 0 Å². The van der Waals surface area contributed by atoms with Crippen LogP contribution in [0.3, 0.4) is 0 Å². The number of nitrogens with zero attached hydrogens (tertiary/aromatic N) is 4. The Morgan fingerprint density at radius 3 is 2.62 bits per heavy atom. The van der Waals surface area contributed by atoms with Gasteiger partial charge in [-0.05, 0) is 19.9 Å². The minimum absolute atomic E-state index is 0.0493. The molecule has 2 aromatic rings. The van der Waals surface area contributed by atoms with Crippen LogP contribution in [0.15, 0.2) is 24.8 Å². The molecule has 2 aliphatic heterocycles. The number of amides is 1. The Balaban J connectivity index is 1.71. The van der Waals surface area contributed by atoms with Crippen molar-refractivity contribution in [3.8, 4) is 0 Å². The van der Waals surface area contributed by atoms with Crippen LogP contribution in [0.1, 0.15) is 26.3 Å². The van der Waals surface area contributed by atoms with Gasteiger partial charge in [0.2, 0.25) is 5.91 Å². The van der Waals surface area contributed by atoms with E-state index < -0.39 is 11.7 Å². The molecular formula is C18H21F3N4O. The van der Waals surface area contributed by atoms with Gasteiger partial charge in [-0.15, -0.1) is 0 Å². The number of carbonyl (C=O) groups excluding carboxylic acids is 1. The van der Waals surface area contributed by atoms with Crippen molar-refractivity contribution >= 4 is 17.1 Å². The van der Waals surface area contributed by atoms with Crippen LogP contribution in [0.4, 0.5) is 18.9 Å². The van der Waals surface area contributed by atoms with Crippen LogP contribution in [0.2, 0.25) is 0 Å². The van der Waals surface area contributed by atoms with Crippen molar-refractivity contribution in [2.24, 2.45) is 11.8 Å². The van der Waals surface area contributed by atoms with E-state index in [-0.39, 0.29) is 23.3 Å². The van der Waals surface area contributed by atoms with Crippen molar-refractivity contribution in [3.63, 3.8) is 0 Å². The molecule has 140 valence electrons. The lowest BCUT2D eigenvalue weighted by atomic mass is 9.85. The number of anilines is 1. The summed E-state index contributed by atoms with van der Waals surface area (Å²) in [5, 5.41) is 0. The van der Waals surface area contributed by atoms with E-state index in [0.717, 1.165) is 6.20 Å². The van der Waals surface area contributed by atoms with E-state index >= 15 is 0 Å². The first-order chi connectivity index (χ1) is 12.1. The number of imidazole rings is 1. The summed E-state index contributed by atoms with van der Waals surface area (Å²) in [7, 11) is 0. The number of aromatic nitrogens is 2. The lowest BCUT2D eigenvalue weighted by Crippen LogP contribution is -2.47. The third-order valence-corrected chi connectivity index (χ3v) is 6.01. The molecule has 0 radical (unpaired) electrons. The van der Waals surface area contributed by atoms with E-state index in [1.165, 1.54) is 16.8 Å². The summed E-state index contributed by atoms with van der Waals surface area (Å²) >= 11 is 0. The van der Waals surface area contributed by atoms with E-state index in [9.17, 15) is 18.0 Å². The summed E-state index contributed by atoms with van der Waals surface area (Å²) in [4.78, 5) is 19.8. The highest BCUT2D eigenvalue weighted by Gasteiger charge is 2.53. The first-order valence-electron chi connectivity index (χ1n) is 8.65. The second kappa shape index (κ2) is 5.37. The minimum Gasteiger partial charge on any atom is -0.369 e. The molecule has 0 spiro atoms. The van der Waals surface area contributed by atoms with Crippen molar-refractivity contribution in [2.45, 2.75) is 32.5 Å². The molecule has 1 amide bonds. The third-order valence-electron chi connectivity index (χ3n) is 6.01. The molecule has 4 heterocycles. The summed E-state index contributed by atoms with van der Waals surface area (Å²) in [6.45, 7) is 7.58. The number of carbonyl (C=O) groups is 1. The number of likely N-dealkylation sites (tertiary alicyclic amines) is 1. The fourth-order valence-corrected chi connectivity index (χ4v) is 4.68. The largest absolute Gasteiger partial charge is 0.417 e. The highest BCUT2D eigenvalue weighted by molar-refractivity contribution is 5.76. The normalized spacial score (nSPS) is 25.2. The summed E-state index contributed by atoms with van der Waals surface area (Å²) in [6.07, 6.45) is -0.347. The average molecular weight is 366 g/mol. The minimum atomic E-state index is -4.41. The molecular weight excluding hydrogens is 345 g/mol. The predicted molar refractivity (Wildman–Crippen MR) is 90.9 cm³/mol. The molecule has 2 saturated heterocycles. The second-order valence-corrected chi connectivity index (χ2v) is 7.85. The first-order valence-corrected chi connectivity index (χ1v) is 8.65.